The zero-order valence-corrected chi connectivity index (χ0v) is 7.65. The third kappa shape index (κ3) is 3.84. The third-order valence-corrected chi connectivity index (χ3v) is 2.62. The van der Waals surface area contributed by atoms with Crippen molar-refractivity contribution in [1.82, 2.24) is 5.32 Å². The molecule has 1 N–H and O–H groups in total. The van der Waals surface area contributed by atoms with E-state index in [-0.39, 0.29) is 0 Å². The van der Waals surface area contributed by atoms with Gasteiger partial charge in [-0.2, -0.15) is 0 Å². The Bertz CT molecular complexity index is 132. The maximum absolute atomic E-state index is 10.9. The van der Waals surface area contributed by atoms with Gasteiger partial charge in [-0.3, -0.25) is 4.21 Å². The highest BCUT2D eigenvalue weighted by molar-refractivity contribution is 7.84. The lowest BCUT2D eigenvalue weighted by Gasteiger charge is -2.10. The standard InChI is InChI=1S/C7H15NO2S/c1-11(9)6-7-4-8-2-3-10-5-7/h7-8H,2-6H2,1H3. The molecule has 1 aliphatic heterocycles. The molecule has 1 heterocycles. The zero-order chi connectivity index (χ0) is 8.10. The molecule has 0 spiro atoms. The Morgan fingerprint density at radius 3 is 3.27 bits per heavy atom. The van der Waals surface area contributed by atoms with Gasteiger partial charge in [-0.25, -0.2) is 0 Å². The minimum absolute atomic E-state index is 0.434. The van der Waals surface area contributed by atoms with Crippen molar-refractivity contribution in [2.45, 2.75) is 0 Å². The molecule has 0 radical (unpaired) electrons. The SMILES string of the molecule is CS(=O)CC1CNCCOC1. The Kier molecular flexibility index (Phi) is 4.04. The van der Waals surface area contributed by atoms with Gasteiger partial charge in [-0.1, -0.05) is 0 Å². The van der Waals surface area contributed by atoms with E-state index in [2.05, 4.69) is 5.32 Å². The van der Waals surface area contributed by atoms with E-state index in [0.29, 0.717) is 5.92 Å². The monoisotopic (exact) mass is 177 g/mol. The molecule has 0 aliphatic carbocycles. The molecule has 66 valence electrons. The highest BCUT2D eigenvalue weighted by Gasteiger charge is 2.12. The van der Waals surface area contributed by atoms with E-state index in [1.54, 1.807) is 6.26 Å². The Morgan fingerprint density at radius 2 is 2.55 bits per heavy atom. The van der Waals surface area contributed by atoms with Crippen LogP contribution in [0.5, 0.6) is 0 Å². The summed E-state index contributed by atoms with van der Waals surface area (Å²) < 4.78 is 16.2. The van der Waals surface area contributed by atoms with Crippen LogP contribution < -0.4 is 5.32 Å². The number of ether oxygens (including phenoxy) is 1. The van der Waals surface area contributed by atoms with Crippen molar-refractivity contribution >= 4 is 10.8 Å². The van der Waals surface area contributed by atoms with E-state index in [0.717, 1.165) is 32.1 Å². The fourth-order valence-corrected chi connectivity index (χ4v) is 2.08. The minimum Gasteiger partial charge on any atom is -0.380 e. The molecule has 1 rings (SSSR count). The third-order valence-electron chi connectivity index (χ3n) is 1.68. The van der Waals surface area contributed by atoms with Crippen LogP contribution in [0.1, 0.15) is 0 Å². The summed E-state index contributed by atoms with van der Waals surface area (Å²) in [6.07, 6.45) is 1.74. The summed E-state index contributed by atoms with van der Waals surface area (Å²) in [4.78, 5) is 0. The number of hydrogen-bond donors (Lipinski definition) is 1. The summed E-state index contributed by atoms with van der Waals surface area (Å²) >= 11 is 0. The van der Waals surface area contributed by atoms with E-state index in [1.165, 1.54) is 0 Å². The number of nitrogens with one attached hydrogen (secondary N) is 1. The second kappa shape index (κ2) is 4.85. The van der Waals surface area contributed by atoms with Gasteiger partial charge in [0.1, 0.15) is 0 Å². The van der Waals surface area contributed by atoms with Crippen LogP contribution >= 0.6 is 0 Å². The number of rotatable bonds is 2. The summed E-state index contributed by atoms with van der Waals surface area (Å²) in [6.45, 7) is 3.41. The molecule has 1 saturated heterocycles. The maximum atomic E-state index is 10.9. The maximum Gasteiger partial charge on any atom is 0.0591 e. The molecule has 0 amide bonds. The van der Waals surface area contributed by atoms with E-state index < -0.39 is 10.8 Å². The normalized spacial score (nSPS) is 29.4. The van der Waals surface area contributed by atoms with Gasteiger partial charge in [0.15, 0.2) is 0 Å². The molecule has 1 fully saturated rings. The van der Waals surface area contributed by atoms with E-state index in [1.807, 2.05) is 0 Å². The largest absolute Gasteiger partial charge is 0.380 e. The fourth-order valence-electron chi connectivity index (χ4n) is 1.20. The van der Waals surface area contributed by atoms with Gasteiger partial charge >= 0.3 is 0 Å². The molecular formula is C7H15NO2S. The van der Waals surface area contributed by atoms with Gasteiger partial charge < -0.3 is 10.1 Å². The second-order valence-electron chi connectivity index (χ2n) is 2.88. The summed E-state index contributed by atoms with van der Waals surface area (Å²) in [5.41, 5.74) is 0. The van der Waals surface area contributed by atoms with Crippen molar-refractivity contribution < 1.29 is 8.95 Å². The average molecular weight is 177 g/mol. The van der Waals surface area contributed by atoms with Gasteiger partial charge in [0.25, 0.3) is 0 Å². The Balaban J connectivity index is 2.25. The number of hydrogen-bond acceptors (Lipinski definition) is 3. The van der Waals surface area contributed by atoms with Crippen LogP contribution in [0, 0.1) is 5.92 Å². The van der Waals surface area contributed by atoms with Crippen molar-refractivity contribution in [3.8, 4) is 0 Å². The van der Waals surface area contributed by atoms with Crippen molar-refractivity contribution in [3.05, 3.63) is 0 Å². The van der Waals surface area contributed by atoms with Gasteiger partial charge in [-0.15, -0.1) is 0 Å². The lowest BCUT2D eigenvalue weighted by Crippen LogP contribution is -2.26. The molecule has 2 unspecified atom stereocenters. The summed E-state index contributed by atoms with van der Waals surface area (Å²) in [5, 5.41) is 3.24. The predicted molar refractivity (Wildman–Crippen MR) is 46.1 cm³/mol. The van der Waals surface area contributed by atoms with Crippen LogP contribution in [0.15, 0.2) is 0 Å². The fraction of sp³-hybridized carbons (Fsp3) is 1.00. The van der Waals surface area contributed by atoms with Crippen LogP contribution in [0.4, 0.5) is 0 Å². The van der Waals surface area contributed by atoms with Crippen molar-refractivity contribution in [1.29, 1.82) is 0 Å². The smallest absolute Gasteiger partial charge is 0.0591 e. The van der Waals surface area contributed by atoms with E-state index in [4.69, 9.17) is 4.74 Å². The summed E-state index contributed by atoms with van der Waals surface area (Å²) in [6, 6.07) is 0. The highest BCUT2D eigenvalue weighted by atomic mass is 32.2. The molecule has 0 saturated carbocycles. The van der Waals surface area contributed by atoms with Gasteiger partial charge in [0.05, 0.1) is 13.2 Å². The molecule has 1 aliphatic rings. The molecular weight excluding hydrogens is 162 g/mol. The zero-order valence-electron chi connectivity index (χ0n) is 6.84. The quantitative estimate of drug-likeness (QED) is 0.624. The van der Waals surface area contributed by atoms with Gasteiger partial charge in [-0.05, 0) is 0 Å². The van der Waals surface area contributed by atoms with Crippen molar-refractivity contribution in [2.75, 3.05) is 38.3 Å². The second-order valence-corrected chi connectivity index (χ2v) is 4.36. The first-order valence-corrected chi connectivity index (χ1v) is 5.60. The van der Waals surface area contributed by atoms with Crippen molar-refractivity contribution in [2.24, 2.45) is 5.92 Å². The minimum atomic E-state index is -0.691. The highest BCUT2D eigenvalue weighted by Crippen LogP contribution is 2.00. The predicted octanol–water partition coefficient (Wildman–Crippen LogP) is -0.399. The first-order valence-electron chi connectivity index (χ1n) is 3.87. The van der Waals surface area contributed by atoms with Crippen LogP contribution in [-0.4, -0.2) is 42.5 Å². The van der Waals surface area contributed by atoms with Crippen LogP contribution in [0.3, 0.4) is 0 Å². The lowest BCUT2D eigenvalue weighted by atomic mass is 10.2. The first-order chi connectivity index (χ1) is 5.29. The Labute approximate surface area is 70.0 Å². The lowest BCUT2D eigenvalue weighted by molar-refractivity contribution is 0.129. The molecule has 0 bridgehead atoms. The summed E-state index contributed by atoms with van der Waals surface area (Å²) in [5.74, 6) is 1.19. The molecule has 4 heteroatoms. The Hall–Kier alpha value is 0.0700. The average Bonchev–Trinajstić information content (AvgIpc) is 2.14. The van der Waals surface area contributed by atoms with Gasteiger partial charge in [0.2, 0.25) is 0 Å². The first kappa shape index (κ1) is 9.16. The Morgan fingerprint density at radius 1 is 1.73 bits per heavy atom. The van der Waals surface area contributed by atoms with Crippen LogP contribution in [0.25, 0.3) is 0 Å². The molecule has 11 heavy (non-hydrogen) atoms. The van der Waals surface area contributed by atoms with Crippen LogP contribution in [-0.2, 0) is 15.5 Å². The molecule has 0 aromatic carbocycles. The molecule has 3 nitrogen and oxygen atoms in total. The van der Waals surface area contributed by atoms with Gasteiger partial charge in [0, 0.05) is 41.8 Å². The molecule has 2 atom stereocenters. The van der Waals surface area contributed by atoms with E-state index in [9.17, 15) is 4.21 Å². The van der Waals surface area contributed by atoms with Crippen molar-refractivity contribution in [3.63, 3.8) is 0 Å². The van der Waals surface area contributed by atoms with Crippen LogP contribution in [0.2, 0.25) is 0 Å². The topological polar surface area (TPSA) is 38.3 Å². The van der Waals surface area contributed by atoms with E-state index >= 15 is 0 Å². The summed E-state index contributed by atoms with van der Waals surface area (Å²) in [7, 11) is -0.691. The molecule has 0 aromatic heterocycles. The molecule has 0 aromatic rings.